The van der Waals surface area contributed by atoms with Crippen molar-refractivity contribution >= 4 is 27.6 Å². The predicted octanol–water partition coefficient (Wildman–Crippen LogP) is -1.20. The highest BCUT2D eigenvalue weighted by Crippen LogP contribution is 2.12. The van der Waals surface area contributed by atoms with Gasteiger partial charge in [0.15, 0.2) is 0 Å². The van der Waals surface area contributed by atoms with Crippen molar-refractivity contribution in [2.75, 3.05) is 5.32 Å². The van der Waals surface area contributed by atoms with Gasteiger partial charge in [-0.3, -0.25) is 4.79 Å². The maximum Gasteiger partial charge on any atom is 0.238 e. The first-order valence-corrected chi connectivity index (χ1v) is 6.46. The van der Waals surface area contributed by atoms with Gasteiger partial charge < -0.3 is 15.2 Å². The van der Waals surface area contributed by atoms with Crippen LogP contribution in [0.5, 0.6) is 0 Å². The minimum Gasteiger partial charge on any atom is -0.550 e. The topological polar surface area (TPSA) is 129 Å². The molecule has 0 aliphatic heterocycles. The molecule has 1 rings (SSSR count). The average Bonchev–Trinajstić information content (AvgIpc) is 2.26. The second-order valence-electron chi connectivity index (χ2n) is 3.49. The standard InChI is InChI=1S/C10H12N2O5S/c11-18(16,17)8-3-1-7(2-4-8)12-9(13)5-6-10(14)15/h1-4H,5-6H2,(H,12,13)(H,14,15)(H2,11,16,17)/p-1. The van der Waals surface area contributed by atoms with Crippen molar-refractivity contribution in [1.29, 1.82) is 0 Å². The Morgan fingerprint density at radius 1 is 1.17 bits per heavy atom. The molecule has 3 N–H and O–H groups in total. The van der Waals surface area contributed by atoms with E-state index in [1.54, 1.807) is 0 Å². The van der Waals surface area contributed by atoms with Gasteiger partial charge in [-0.05, 0) is 30.7 Å². The second kappa shape index (κ2) is 5.61. The van der Waals surface area contributed by atoms with Crippen molar-refractivity contribution in [1.82, 2.24) is 0 Å². The van der Waals surface area contributed by atoms with Crippen LogP contribution in [0.2, 0.25) is 0 Å². The fraction of sp³-hybridized carbons (Fsp3) is 0.200. The summed E-state index contributed by atoms with van der Waals surface area (Å²) in [6, 6.07) is 5.20. The molecule has 8 heteroatoms. The Morgan fingerprint density at radius 2 is 1.72 bits per heavy atom. The molecule has 0 atom stereocenters. The van der Waals surface area contributed by atoms with Crippen molar-refractivity contribution in [3.63, 3.8) is 0 Å². The van der Waals surface area contributed by atoms with E-state index < -0.39 is 21.9 Å². The Bertz CT molecular complexity index is 550. The van der Waals surface area contributed by atoms with Gasteiger partial charge in [-0.25, -0.2) is 13.6 Å². The number of hydrogen-bond acceptors (Lipinski definition) is 5. The smallest absolute Gasteiger partial charge is 0.238 e. The van der Waals surface area contributed by atoms with Crippen LogP contribution in [0, 0.1) is 0 Å². The molecule has 0 saturated heterocycles. The molecule has 0 aliphatic rings. The molecule has 0 fully saturated rings. The number of benzene rings is 1. The van der Waals surface area contributed by atoms with Gasteiger partial charge in [-0.2, -0.15) is 0 Å². The summed E-state index contributed by atoms with van der Waals surface area (Å²) < 4.78 is 21.9. The molecule has 98 valence electrons. The van der Waals surface area contributed by atoms with Gasteiger partial charge in [0.05, 0.1) is 4.90 Å². The number of sulfonamides is 1. The number of rotatable bonds is 5. The average molecular weight is 271 g/mol. The highest BCUT2D eigenvalue weighted by molar-refractivity contribution is 7.89. The summed E-state index contributed by atoms with van der Waals surface area (Å²) in [5.41, 5.74) is 0.353. The minimum absolute atomic E-state index is 0.0739. The van der Waals surface area contributed by atoms with E-state index in [0.717, 1.165) is 0 Å². The number of carboxylic acid groups (broad SMARTS) is 1. The number of primary sulfonamides is 1. The maximum absolute atomic E-state index is 11.3. The molecule has 0 bridgehead atoms. The van der Waals surface area contributed by atoms with E-state index in [4.69, 9.17) is 5.14 Å². The molecule has 0 aromatic heterocycles. The lowest BCUT2D eigenvalue weighted by Gasteiger charge is -2.06. The highest BCUT2D eigenvalue weighted by atomic mass is 32.2. The van der Waals surface area contributed by atoms with Crippen LogP contribution in [-0.2, 0) is 19.6 Å². The van der Waals surface area contributed by atoms with Gasteiger partial charge in [0.25, 0.3) is 0 Å². The molecule has 0 aliphatic carbocycles. The van der Waals surface area contributed by atoms with Crippen molar-refractivity contribution in [2.24, 2.45) is 5.14 Å². The lowest BCUT2D eigenvalue weighted by atomic mass is 10.2. The first-order valence-electron chi connectivity index (χ1n) is 4.91. The summed E-state index contributed by atoms with van der Waals surface area (Å²) in [5, 5.41) is 17.5. The molecule has 0 saturated carbocycles. The first-order chi connectivity index (χ1) is 8.29. The number of nitrogens with one attached hydrogen (secondary N) is 1. The summed E-state index contributed by atoms with van der Waals surface area (Å²) in [7, 11) is -3.77. The predicted molar refractivity (Wildman–Crippen MR) is 60.7 cm³/mol. The lowest BCUT2D eigenvalue weighted by molar-refractivity contribution is -0.305. The van der Waals surface area contributed by atoms with Crippen LogP contribution >= 0.6 is 0 Å². The summed E-state index contributed by atoms with van der Waals surface area (Å²) in [4.78, 5) is 21.3. The van der Waals surface area contributed by atoms with Crippen LogP contribution in [0.3, 0.4) is 0 Å². The zero-order chi connectivity index (χ0) is 13.8. The highest BCUT2D eigenvalue weighted by Gasteiger charge is 2.07. The van der Waals surface area contributed by atoms with E-state index >= 15 is 0 Å². The minimum atomic E-state index is -3.77. The molecule has 0 spiro atoms. The van der Waals surface area contributed by atoms with Crippen molar-refractivity contribution in [3.05, 3.63) is 24.3 Å². The Balaban J connectivity index is 2.64. The summed E-state index contributed by atoms with van der Waals surface area (Å²) in [6.07, 6.45) is -0.583. The monoisotopic (exact) mass is 271 g/mol. The Hall–Kier alpha value is -1.93. The number of aliphatic carboxylic acids is 1. The molecular weight excluding hydrogens is 260 g/mol. The molecule has 0 heterocycles. The number of carboxylic acids is 1. The van der Waals surface area contributed by atoms with E-state index in [0.29, 0.717) is 5.69 Å². The Labute approximate surface area is 104 Å². The molecule has 1 aromatic rings. The summed E-state index contributed by atoms with van der Waals surface area (Å²) in [6.45, 7) is 0. The number of nitrogens with two attached hydrogens (primary N) is 1. The number of carbonyl (C=O) groups is 2. The van der Waals surface area contributed by atoms with Crippen LogP contribution < -0.4 is 15.6 Å². The number of hydrogen-bond donors (Lipinski definition) is 2. The number of anilines is 1. The van der Waals surface area contributed by atoms with E-state index in [-0.39, 0.29) is 17.7 Å². The van der Waals surface area contributed by atoms with E-state index in [2.05, 4.69) is 5.32 Å². The largest absolute Gasteiger partial charge is 0.550 e. The van der Waals surface area contributed by atoms with E-state index in [1.807, 2.05) is 0 Å². The second-order valence-corrected chi connectivity index (χ2v) is 5.05. The molecule has 18 heavy (non-hydrogen) atoms. The van der Waals surface area contributed by atoms with Gasteiger partial charge in [-0.15, -0.1) is 0 Å². The molecular formula is C10H11N2O5S-. The third kappa shape index (κ3) is 4.52. The summed E-state index contributed by atoms with van der Waals surface area (Å²) in [5.74, 6) is -1.81. The third-order valence-corrected chi connectivity index (χ3v) is 2.95. The molecule has 0 radical (unpaired) electrons. The van der Waals surface area contributed by atoms with Crippen molar-refractivity contribution in [3.8, 4) is 0 Å². The fourth-order valence-corrected chi connectivity index (χ4v) is 1.68. The van der Waals surface area contributed by atoms with Crippen molar-refractivity contribution in [2.45, 2.75) is 17.7 Å². The first kappa shape index (κ1) is 14.1. The third-order valence-electron chi connectivity index (χ3n) is 2.02. The summed E-state index contributed by atoms with van der Waals surface area (Å²) >= 11 is 0. The molecule has 1 aromatic carbocycles. The molecule has 0 unspecified atom stereocenters. The van der Waals surface area contributed by atoms with E-state index in [9.17, 15) is 23.1 Å². The van der Waals surface area contributed by atoms with Crippen LogP contribution in [-0.4, -0.2) is 20.3 Å². The van der Waals surface area contributed by atoms with Gasteiger partial charge in [0.2, 0.25) is 15.9 Å². The quantitative estimate of drug-likeness (QED) is 0.695. The Kier molecular flexibility index (Phi) is 4.40. The van der Waals surface area contributed by atoms with Gasteiger partial charge in [0, 0.05) is 18.1 Å². The fourth-order valence-electron chi connectivity index (χ4n) is 1.17. The molecule has 1 amide bonds. The van der Waals surface area contributed by atoms with Crippen LogP contribution in [0.4, 0.5) is 5.69 Å². The van der Waals surface area contributed by atoms with Crippen LogP contribution in [0.15, 0.2) is 29.2 Å². The maximum atomic E-state index is 11.3. The van der Waals surface area contributed by atoms with Crippen LogP contribution in [0.25, 0.3) is 0 Å². The van der Waals surface area contributed by atoms with E-state index in [1.165, 1.54) is 24.3 Å². The zero-order valence-corrected chi connectivity index (χ0v) is 10.1. The number of carbonyl (C=O) groups excluding carboxylic acids is 2. The van der Waals surface area contributed by atoms with Gasteiger partial charge in [-0.1, -0.05) is 0 Å². The normalized spacial score (nSPS) is 10.9. The zero-order valence-electron chi connectivity index (χ0n) is 9.25. The van der Waals surface area contributed by atoms with Crippen molar-refractivity contribution < 1.29 is 23.1 Å². The van der Waals surface area contributed by atoms with Gasteiger partial charge >= 0.3 is 0 Å². The van der Waals surface area contributed by atoms with Crippen LogP contribution in [0.1, 0.15) is 12.8 Å². The molecule has 7 nitrogen and oxygen atoms in total. The lowest BCUT2D eigenvalue weighted by Crippen LogP contribution is -2.24. The van der Waals surface area contributed by atoms with Gasteiger partial charge in [0.1, 0.15) is 0 Å². The Morgan fingerprint density at radius 3 is 2.17 bits per heavy atom. The SMILES string of the molecule is NS(=O)(=O)c1ccc(NC(=O)CCC(=O)[O-])cc1. The number of amides is 1.